The summed E-state index contributed by atoms with van der Waals surface area (Å²) in [6.45, 7) is 0. The Bertz CT molecular complexity index is 2850. The molecule has 0 spiro atoms. The molecular formula is C48H30N6S. The van der Waals surface area contributed by atoms with Crippen LogP contribution < -0.4 is 0 Å². The van der Waals surface area contributed by atoms with Gasteiger partial charge < -0.3 is 0 Å². The molecule has 0 aliphatic rings. The number of hydrogen-bond donors (Lipinski definition) is 0. The highest BCUT2D eigenvalue weighted by Gasteiger charge is 2.17. The molecule has 0 fully saturated rings. The van der Waals surface area contributed by atoms with Crippen molar-refractivity contribution in [1.82, 2.24) is 29.9 Å². The zero-order chi connectivity index (χ0) is 36.6. The van der Waals surface area contributed by atoms with E-state index in [9.17, 15) is 0 Å². The zero-order valence-electron chi connectivity index (χ0n) is 29.4. The highest BCUT2D eigenvalue weighted by atomic mass is 32.1. The van der Waals surface area contributed by atoms with Gasteiger partial charge in [-0.25, -0.2) is 29.9 Å². The summed E-state index contributed by atoms with van der Waals surface area (Å²) in [5, 5.41) is 2.34. The lowest BCUT2D eigenvalue weighted by molar-refractivity contribution is 1.07. The zero-order valence-corrected chi connectivity index (χ0v) is 30.2. The maximum absolute atomic E-state index is 5.02. The molecule has 3 aromatic heterocycles. The molecule has 55 heavy (non-hydrogen) atoms. The van der Waals surface area contributed by atoms with E-state index in [1.54, 1.807) is 11.3 Å². The van der Waals surface area contributed by atoms with Crippen LogP contribution in [0.4, 0.5) is 0 Å². The maximum atomic E-state index is 5.02. The molecule has 0 saturated carbocycles. The van der Waals surface area contributed by atoms with Crippen LogP contribution in [-0.2, 0) is 0 Å². The summed E-state index contributed by atoms with van der Waals surface area (Å²) in [5.74, 6) is 3.81. The van der Waals surface area contributed by atoms with Gasteiger partial charge >= 0.3 is 0 Å². The molecule has 0 unspecified atom stereocenters. The molecule has 3 heterocycles. The Morgan fingerprint density at radius 1 is 0.273 bits per heavy atom. The van der Waals surface area contributed by atoms with Crippen LogP contribution >= 0.6 is 11.3 Å². The lowest BCUT2D eigenvalue weighted by Crippen LogP contribution is -2.00. The van der Waals surface area contributed by atoms with Crippen molar-refractivity contribution in [2.24, 2.45) is 0 Å². The maximum Gasteiger partial charge on any atom is 0.164 e. The Balaban J connectivity index is 1.11. The van der Waals surface area contributed by atoms with E-state index < -0.39 is 0 Å². The van der Waals surface area contributed by atoms with Gasteiger partial charge in [-0.2, -0.15) is 0 Å². The first-order chi connectivity index (χ1) is 27.2. The predicted octanol–water partition coefficient (Wildman–Crippen LogP) is 12.1. The van der Waals surface area contributed by atoms with Gasteiger partial charge in [-0.05, 0) is 41.5 Å². The normalized spacial score (nSPS) is 11.3. The molecular weight excluding hydrogens is 693 g/mol. The molecule has 6 nitrogen and oxygen atoms in total. The van der Waals surface area contributed by atoms with Crippen LogP contribution in [0, 0.1) is 0 Å². The van der Waals surface area contributed by atoms with E-state index in [2.05, 4.69) is 60.7 Å². The second-order valence-corrected chi connectivity index (χ2v) is 14.2. The molecule has 0 atom stereocenters. The van der Waals surface area contributed by atoms with Gasteiger partial charge in [0.25, 0.3) is 0 Å². The summed E-state index contributed by atoms with van der Waals surface area (Å²) in [6, 6.07) is 61.9. The van der Waals surface area contributed by atoms with Gasteiger partial charge in [-0.3, -0.25) is 0 Å². The fourth-order valence-electron chi connectivity index (χ4n) is 6.91. The van der Waals surface area contributed by atoms with E-state index in [1.807, 2.05) is 121 Å². The van der Waals surface area contributed by atoms with Crippen molar-refractivity contribution in [3.63, 3.8) is 0 Å². The first-order valence-electron chi connectivity index (χ1n) is 18.0. The SMILES string of the molecule is c1ccc(-c2nc(-c3ccccc3)nc(-c3cccc(-c4cccc5sc6ccc(-c7nc(-c8ccccc8)nc(-c8ccccc8)n7)cc6c45)c3)n2)cc1. The minimum Gasteiger partial charge on any atom is -0.208 e. The summed E-state index contributed by atoms with van der Waals surface area (Å²) in [6.07, 6.45) is 0. The summed E-state index contributed by atoms with van der Waals surface area (Å²) >= 11 is 1.79. The smallest absolute Gasteiger partial charge is 0.164 e. The fraction of sp³-hybridized carbons (Fsp3) is 0. The standard InChI is InChI=1S/C48H30N6S/c1-5-15-31(16-6-1)43-49-44(32-17-7-2-8-18-32)52-47(51-43)36-24-13-23-35(29-36)38-25-14-26-41-42(38)39-30-37(27-28-40(39)55-41)48-53-45(33-19-9-3-10-20-33)50-46(54-48)34-21-11-4-12-22-34/h1-30H. The van der Waals surface area contributed by atoms with Crippen molar-refractivity contribution in [1.29, 1.82) is 0 Å². The average molecular weight is 723 g/mol. The molecule has 10 aromatic rings. The summed E-state index contributed by atoms with van der Waals surface area (Å²) in [4.78, 5) is 29.8. The minimum absolute atomic E-state index is 0.623. The van der Waals surface area contributed by atoms with Crippen molar-refractivity contribution in [3.8, 4) is 79.5 Å². The number of thiophene rings is 1. The molecule has 0 bridgehead atoms. The van der Waals surface area contributed by atoms with Gasteiger partial charge in [0.2, 0.25) is 0 Å². The molecule has 258 valence electrons. The highest BCUT2D eigenvalue weighted by molar-refractivity contribution is 7.26. The van der Waals surface area contributed by atoms with E-state index >= 15 is 0 Å². The Kier molecular flexibility index (Phi) is 8.24. The Morgan fingerprint density at radius 2 is 0.655 bits per heavy atom. The number of fused-ring (bicyclic) bond motifs is 3. The van der Waals surface area contributed by atoms with Crippen molar-refractivity contribution in [3.05, 3.63) is 182 Å². The van der Waals surface area contributed by atoms with Gasteiger partial charge in [0.15, 0.2) is 34.9 Å². The molecule has 0 saturated heterocycles. The Labute approximate surface area is 321 Å². The summed E-state index contributed by atoms with van der Waals surface area (Å²) < 4.78 is 2.40. The third-order valence-corrected chi connectivity index (χ3v) is 10.7. The van der Waals surface area contributed by atoms with Crippen LogP contribution in [0.1, 0.15) is 0 Å². The van der Waals surface area contributed by atoms with E-state index in [-0.39, 0.29) is 0 Å². The second kappa shape index (κ2) is 14.0. The molecule has 10 rings (SSSR count). The van der Waals surface area contributed by atoms with Gasteiger partial charge in [0, 0.05) is 53.6 Å². The van der Waals surface area contributed by atoms with Gasteiger partial charge in [0.1, 0.15) is 0 Å². The summed E-state index contributed by atoms with van der Waals surface area (Å²) in [7, 11) is 0. The Hall–Kier alpha value is -7.22. The number of aromatic nitrogens is 6. The van der Waals surface area contributed by atoms with Gasteiger partial charge in [0.05, 0.1) is 0 Å². The topological polar surface area (TPSA) is 77.3 Å². The number of hydrogen-bond acceptors (Lipinski definition) is 7. The number of nitrogens with zero attached hydrogens (tertiary/aromatic N) is 6. The number of rotatable bonds is 7. The Morgan fingerprint density at radius 3 is 1.13 bits per heavy atom. The van der Waals surface area contributed by atoms with Crippen molar-refractivity contribution >= 4 is 31.5 Å². The first kappa shape index (κ1) is 32.4. The minimum atomic E-state index is 0.623. The van der Waals surface area contributed by atoms with Crippen LogP contribution in [0.25, 0.3) is 99.6 Å². The van der Waals surface area contributed by atoms with Crippen LogP contribution in [0.3, 0.4) is 0 Å². The molecule has 7 heteroatoms. The van der Waals surface area contributed by atoms with Crippen molar-refractivity contribution < 1.29 is 0 Å². The van der Waals surface area contributed by atoms with Crippen LogP contribution in [0.5, 0.6) is 0 Å². The van der Waals surface area contributed by atoms with Gasteiger partial charge in [-0.15, -0.1) is 11.3 Å². The molecule has 0 aliphatic carbocycles. The quantitative estimate of drug-likeness (QED) is 0.163. The van der Waals surface area contributed by atoms with Crippen LogP contribution in [0.15, 0.2) is 182 Å². The predicted molar refractivity (Wildman–Crippen MR) is 224 cm³/mol. The third-order valence-electron chi connectivity index (χ3n) is 9.58. The van der Waals surface area contributed by atoms with Crippen LogP contribution in [0.2, 0.25) is 0 Å². The molecule has 0 amide bonds. The lowest BCUT2D eigenvalue weighted by Gasteiger charge is -2.11. The monoisotopic (exact) mass is 722 g/mol. The highest BCUT2D eigenvalue weighted by Crippen LogP contribution is 2.42. The molecule has 0 aliphatic heterocycles. The number of benzene rings is 7. The van der Waals surface area contributed by atoms with E-state index in [4.69, 9.17) is 29.9 Å². The summed E-state index contributed by atoms with van der Waals surface area (Å²) in [5.41, 5.74) is 7.82. The molecule has 7 aromatic carbocycles. The third kappa shape index (κ3) is 6.33. The fourth-order valence-corrected chi connectivity index (χ4v) is 8.02. The average Bonchev–Trinajstić information content (AvgIpc) is 3.66. The van der Waals surface area contributed by atoms with Crippen molar-refractivity contribution in [2.45, 2.75) is 0 Å². The van der Waals surface area contributed by atoms with E-state index in [0.29, 0.717) is 34.9 Å². The first-order valence-corrected chi connectivity index (χ1v) is 18.9. The second-order valence-electron chi connectivity index (χ2n) is 13.1. The van der Waals surface area contributed by atoms with Crippen molar-refractivity contribution in [2.75, 3.05) is 0 Å². The largest absolute Gasteiger partial charge is 0.208 e. The molecule has 0 radical (unpaired) electrons. The van der Waals surface area contributed by atoms with E-state index in [0.717, 1.165) is 49.9 Å². The van der Waals surface area contributed by atoms with Crippen LogP contribution in [-0.4, -0.2) is 29.9 Å². The lowest BCUT2D eigenvalue weighted by atomic mass is 9.97. The molecule has 0 N–H and O–H groups in total. The van der Waals surface area contributed by atoms with E-state index in [1.165, 1.54) is 14.8 Å². The van der Waals surface area contributed by atoms with Gasteiger partial charge in [-0.1, -0.05) is 152 Å².